The minimum absolute atomic E-state index is 0.0189. The van der Waals surface area contributed by atoms with Crippen LogP contribution in [0, 0.1) is 0 Å². The van der Waals surface area contributed by atoms with Crippen molar-refractivity contribution in [3.8, 4) is 11.5 Å². The summed E-state index contributed by atoms with van der Waals surface area (Å²) >= 11 is 17.5. The van der Waals surface area contributed by atoms with Crippen LogP contribution in [-0.2, 0) is 14.4 Å². The van der Waals surface area contributed by atoms with Gasteiger partial charge in [-0.1, -0.05) is 41.4 Å². The Balaban J connectivity index is 1.54. The summed E-state index contributed by atoms with van der Waals surface area (Å²) in [6, 6.07) is 18.3. The molecule has 8 nitrogen and oxygen atoms in total. The van der Waals surface area contributed by atoms with Crippen LogP contribution >= 0.6 is 35.4 Å². The minimum Gasteiger partial charge on any atom is -0.493 e. The highest BCUT2D eigenvalue weighted by Gasteiger charge is 2.34. The molecule has 1 aliphatic rings. The fraction of sp³-hybridized carbons (Fsp3) is 0.0769. The number of thiocarbonyl (C=S) groups is 1. The number of nitrogens with zero attached hydrogens (tertiary/aromatic N) is 1. The summed E-state index contributed by atoms with van der Waals surface area (Å²) in [6.45, 7) is -0.344. The summed E-state index contributed by atoms with van der Waals surface area (Å²) in [5.74, 6) is -1.32. The SMILES string of the molecule is COc1cc(/C=C2/C(=O)NC(=S)N(c3ccccc3)C2=O)cc(Cl)c1OCC(=O)Nc1ccc(Cl)cc1. The van der Waals surface area contributed by atoms with Crippen molar-refractivity contribution < 1.29 is 23.9 Å². The van der Waals surface area contributed by atoms with Gasteiger partial charge in [-0.2, -0.15) is 0 Å². The number of carbonyl (C=O) groups is 3. The van der Waals surface area contributed by atoms with E-state index in [0.717, 1.165) is 0 Å². The van der Waals surface area contributed by atoms with E-state index in [-0.39, 0.29) is 33.8 Å². The average molecular weight is 556 g/mol. The van der Waals surface area contributed by atoms with E-state index in [1.807, 2.05) is 0 Å². The van der Waals surface area contributed by atoms with E-state index in [0.29, 0.717) is 22.0 Å². The van der Waals surface area contributed by atoms with E-state index in [1.54, 1.807) is 54.6 Å². The number of hydrogen-bond donors (Lipinski definition) is 2. The van der Waals surface area contributed by atoms with Crippen LogP contribution in [0.3, 0.4) is 0 Å². The largest absolute Gasteiger partial charge is 0.493 e. The van der Waals surface area contributed by atoms with Crippen LogP contribution in [0.25, 0.3) is 6.08 Å². The van der Waals surface area contributed by atoms with E-state index in [4.69, 9.17) is 44.9 Å². The zero-order valence-corrected chi connectivity index (χ0v) is 21.6. The number of halogens is 2. The second kappa shape index (κ2) is 11.4. The first-order chi connectivity index (χ1) is 17.8. The van der Waals surface area contributed by atoms with Gasteiger partial charge in [0, 0.05) is 10.7 Å². The molecule has 0 saturated carbocycles. The van der Waals surface area contributed by atoms with Crippen LogP contribution in [0.4, 0.5) is 11.4 Å². The van der Waals surface area contributed by atoms with Crippen LogP contribution in [0.5, 0.6) is 11.5 Å². The van der Waals surface area contributed by atoms with Gasteiger partial charge in [0.05, 0.1) is 17.8 Å². The third kappa shape index (κ3) is 6.08. The van der Waals surface area contributed by atoms with Gasteiger partial charge in [0.1, 0.15) is 5.57 Å². The number of methoxy groups -OCH3 is 1. The predicted octanol–water partition coefficient (Wildman–Crippen LogP) is 4.85. The first kappa shape index (κ1) is 26.2. The number of hydrogen-bond acceptors (Lipinski definition) is 6. The summed E-state index contributed by atoms with van der Waals surface area (Å²) in [4.78, 5) is 39.3. The quantitative estimate of drug-likeness (QED) is 0.246. The van der Waals surface area contributed by atoms with Crippen LogP contribution < -0.4 is 25.0 Å². The fourth-order valence-corrected chi connectivity index (χ4v) is 4.15. The lowest BCUT2D eigenvalue weighted by atomic mass is 10.1. The first-order valence-corrected chi connectivity index (χ1v) is 12.0. The molecule has 11 heteroatoms. The number of para-hydroxylation sites is 1. The fourth-order valence-electron chi connectivity index (χ4n) is 3.47. The molecule has 2 N–H and O–H groups in total. The average Bonchev–Trinajstić information content (AvgIpc) is 2.87. The standard InChI is InChI=1S/C26H19Cl2N3O5S/c1-35-21-13-15(11-19-24(33)30-26(37)31(25(19)34)18-5-3-2-4-6-18)12-20(28)23(21)36-14-22(32)29-17-9-7-16(27)8-10-17/h2-13H,14H2,1H3,(H,29,32)(H,30,33,37)/b19-11-. The number of nitrogens with one attached hydrogen (secondary N) is 2. The highest BCUT2D eigenvalue weighted by atomic mass is 35.5. The van der Waals surface area contributed by atoms with Crippen molar-refractivity contribution >= 4 is 75.7 Å². The summed E-state index contributed by atoms with van der Waals surface area (Å²) in [6.07, 6.45) is 1.38. The van der Waals surface area contributed by atoms with Crippen LogP contribution in [-0.4, -0.2) is 36.6 Å². The van der Waals surface area contributed by atoms with Gasteiger partial charge >= 0.3 is 0 Å². The van der Waals surface area contributed by atoms with Crippen LogP contribution in [0.1, 0.15) is 5.56 Å². The Bertz CT molecular complexity index is 1410. The van der Waals surface area contributed by atoms with Crippen molar-refractivity contribution in [3.63, 3.8) is 0 Å². The molecule has 0 unspecified atom stereocenters. The van der Waals surface area contributed by atoms with E-state index in [1.165, 1.54) is 30.2 Å². The lowest BCUT2D eigenvalue weighted by Crippen LogP contribution is -2.54. The second-order valence-corrected chi connectivity index (χ2v) is 8.90. The monoisotopic (exact) mass is 555 g/mol. The van der Waals surface area contributed by atoms with Gasteiger partial charge in [-0.3, -0.25) is 24.6 Å². The smallest absolute Gasteiger partial charge is 0.270 e. The van der Waals surface area contributed by atoms with Gasteiger partial charge in [0.15, 0.2) is 23.2 Å². The number of ether oxygens (including phenoxy) is 2. The molecule has 0 spiro atoms. The molecule has 188 valence electrons. The van der Waals surface area contributed by atoms with Crippen molar-refractivity contribution in [2.24, 2.45) is 0 Å². The Kier molecular flexibility index (Phi) is 8.08. The lowest BCUT2D eigenvalue weighted by molar-refractivity contribution is -0.122. The number of anilines is 2. The molecule has 1 heterocycles. The summed E-state index contributed by atoms with van der Waals surface area (Å²) in [5.41, 5.74) is 1.32. The van der Waals surface area contributed by atoms with Gasteiger partial charge in [0.25, 0.3) is 17.7 Å². The molecule has 0 radical (unpaired) electrons. The zero-order chi connectivity index (χ0) is 26.5. The molecule has 0 bridgehead atoms. The molecular weight excluding hydrogens is 537 g/mol. The van der Waals surface area contributed by atoms with Crippen molar-refractivity contribution in [3.05, 3.63) is 87.9 Å². The van der Waals surface area contributed by atoms with E-state index < -0.39 is 17.7 Å². The third-order valence-corrected chi connectivity index (χ3v) is 5.97. The number of benzene rings is 3. The molecule has 1 aliphatic heterocycles. The number of amides is 3. The van der Waals surface area contributed by atoms with Crippen molar-refractivity contribution in [2.75, 3.05) is 23.9 Å². The number of carbonyl (C=O) groups excluding carboxylic acids is 3. The molecule has 37 heavy (non-hydrogen) atoms. The second-order valence-electron chi connectivity index (χ2n) is 7.67. The molecule has 4 rings (SSSR count). The van der Waals surface area contributed by atoms with Gasteiger partial charge in [-0.25, -0.2) is 0 Å². The van der Waals surface area contributed by atoms with Gasteiger partial charge in [0.2, 0.25) is 0 Å². The molecule has 0 aliphatic carbocycles. The lowest BCUT2D eigenvalue weighted by Gasteiger charge is -2.28. The van der Waals surface area contributed by atoms with Crippen LogP contribution in [0.2, 0.25) is 10.0 Å². The van der Waals surface area contributed by atoms with Crippen LogP contribution in [0.15, 0.2) is 72.3 Å². The minimum atomic E-state index is -0.642. The zero-order valence-electron chi connectivity index (χ0n) is 19.3. The highest BCUT2D eigenvalue weighted by molar-refractivity contribution is 7.80. The molecule has 3 aromatic rings. The molecule has 1 saturated heterocycles. The Morgan fingerprint density at radius 2 is 1.78 bits per heavy atom. The van der Waals surface area contributed by atoms with Crippen molar-refractivity contribution in [2.45, 2.75) is 0 Å². The molecule has 0 atom stereocenters. The predicted molar refractivity (Wildman–Crippen MR) is 146 cm³/mol. The van der Waals surface area contributed by atoms with Gasteiger partial charge < -0.3 is 14.8 Å². The maximum Gasteiger partial charge on any atom is 0.270 e. The highest BCUT2D eigenvalue weighted by Crippen LogP contribution is 2.37. The summed E-state index contributed by atoms with van der Waals surface area (Å²) in [7, 11) is 1.40. The first-order valence-electron chi connectivity index (χ1n) is 10.8. The maximum atomic E-state index is 13.2. The molecule has 0 aromatic heterocycles. The van der Waals surface area contributed by atoms with Crippen molar-refractivity contribution in [1.82, 2.24) is 5.32 Å². The molecule has 3 aromatic carbocycles. The third-order valence-electron chi connectivity index (χ3n) is 5.15. The Morgan fingerprint density at radius 1 is 1.08 bits per heavy atom. The molecule has 1 fully saturated rings. The van der Waals surface area contributed by atoms with Gasteiger partial charge in [-0.15, -0.1) is 0 Å². The molecular formula is C26H19Cl2N3O5S. The van der Waals surface area contributed by atoms with E-state index >= 15 is 0 Å². The van der Waals surface area contributed by atoms with E-state index in [9.17, 15) is 14.4 Å². The van der Waals surface area contributed by atoms with E-state index in [2.05, 4.69) is 10.6 Å². The normalized spacial score (nSPS) is 14.4. The Hall–Kier alpha value is -3.92. The summed E-state index contributed by atoms with van der Waals surface area (Å²) in [5, 5.41) is 5.85. The Labute approximate surface area is 227 Å². The topological polar surface area (TPSA) is 97.0 Å². The maximum absolute atomic E-state index is 13.2. The molecule has 3 amide bonds. The Morgan fingerprint density at radius 3 is 2.46 bits per heavy atom. The van der Waals surface area contributed by atoms with Gasteiger partial charge in [-0.05, 0) is 72.4 Å². The number of rotatable bonds is 7. The summed E-state index contributed by atoms with van der Waals surface area (Å²) < 4.78 is 11.0. The van der Waals surface area contributed by atoms with Crippen molar-refractivity contribution in [1.29, 1.82) is 0 Å².